The molecular formula is C18H22ClN3O3S. The first kappa shape index (κ1) is 20.3. The zero-order valence-corrected chi connectivity index (χ0v) is 16.9. The average Bonchev–Trinajstić information content (AvgIpc) is 2.82. The number of hydrogen-bond acceptors (Lipinski definition) is 5. The summed E-state index contributed by atoms with van der Waals surface area (Å²) in [7, 11) is 1.80. The number of anilines is 1. The van der Waals surface area contributed by atoms with Crippen molar-refractivity contribution in [1.29, 1.82) is 0 Å². The van der Waals surface area contributed by atoms with Crippen molar-refractivity contribution in [3.8, 4) is 0 Å². The maximum atomic E-state index is 12.3. The molecule has 0 aliphatic rings. The molecule has 1 heterocycles. The number of ether oxygens (including phenoxy) is 1. The largest absolute Gasteiger partial charge is 0.452 e. The third-order valence-electron chi connectivity index (χ3n) is 3.88. The van der Waals surface area contributed by atoms with Crippen LogP contribution >= 0.6 is 23.4 Å². The van der Waals surface area contributed by atoms with Crippen LogP contribution in [0.2, 0.25) is 5.02 Å². The van der Waals surface area contributed by atoms with Crippen LogP contribution in [0.1, 0.15) is 25.2 Å². The lowest BCUT2D eigenvalue weighted by molar-refractivity contribution is -0.152. The summed E-state index contributed by atoms with van der Waals surface area (Å²) in [6.07, 6.45) is -0.908. The van der Waals surface area contributed by atoms with Gasteiger partial charge in [-0.1, -0.05) is 11.6 Å². The molecule has 0 unspecified atom stereocenters. The van der Waals surface area contributed by atoms with Crippen LogP contribution in [0, 0.1) is 13.8 Å². The monoisotopic (exact) mass is 395 g/mol. The van der Waals surface area contributed by atoms with E-state index in [2.05, 4.69) is 10.4 Å². The van der Waals surface area contributed by atoms with Gasteiger partial charge in [-0.2, -0.15) is 5.10 Å². The third-order valence-corrected chi connectivity index (χ3v) is 5.22. The van der Waals surface area contributed by atoms with Gasteiger partial charge in [0.2, 0.25) is 0 Å². The Morgan fingerprint density at radius 2 is 1.85 bits per heavy atom. The lowest BCUT2D eigenvalue weighted by Crippen LogP contribution is -2.32. The summed E-state index contributed by atoms with van der Waals surface area (Å²) in [6, 6.07) is 7.19. The van der Waals surface area contributed by atoms with Crippen LogP contribution in [0.5, 0.6) is 0 Å². The summed E-state index contributed by atoms with van der Waals surface area (Å²) < 4.78 is 6.99. The number of carbonyl (C=O) groups excluding carboxylic acids is 2. The minimum Gasteiger partial charge on any atom is -0.452 e. The van der Waals surface area contributed by atoms with E-state index in [1.807, 2.05) is 26.0 Å². The number of rotatable bonds is 6. The minimum absolute atomic E-state index is 0.388. The summed E-state index contributed by atoms with van der Waals surface area (Å²) >= 11 is 7.20. The van der Waals surface area contributed by atoms with E-state index in [-0.39, 0.29) is 5.91 Å². The highest BCUT2D eigenvalue weighted by Crippen LogP contribution is 2.26. The van der Waals surface area contributed by atoms with Crippen LogP contribution in [0.15, 0.2) is 29.2 Å². The molecular weight excluding hydrogens is 374 g/mol. The van der Waals surface area contributed by atoms with Gasteiger partial charge < -0.3 is 10.1 Å². The molecule has 1 amide bonds. The van der Waals surface area contributed by atoms with Gasteiger partial charge in [0.05, 0.1) is 17.1 Å². The Morgan fingerprint density at radius 3 is 2.38 bits per heavy atom. The van der Waals surface area contributed by atoms with E-state index in [9.17, 15) is 9.59 Å². The van der Waals surface area contributed by atoms with Gasteiger partial charge in [0.15, 0.2) is 6.10 Å². The van der Waals surface area contributed by atoms with Crippen LogP contribution in [-0.2, 0) is 21.4 Å². The molecule has 0 aliphatic heterocycles. The number of amides is 1. The van der Waals surface area contributed by atoms with Gasteiger partial charge in [0.25, 0.3) is 5.91 Å². The Labute approximate surface area is 162 Å². The van der Waals surface area contributed by atoms with Gasteiger partial charge in [-0.15, -0.1) is 11.8 Å². The molecule has 0 spiro atoms. The molecule has 0 fully saturated rings. The van der Waals surface area contributed by atoms with Crippen molar-refractivity contribution in [1.82, 2.24) is 9.78 Å². The van der Waals surface area contributed by atoms with Crippen LogP contribution in [0.3, 0.4) is 0 Å². The van der Waals surface area contributed by atoms with E-state index in [1.54, 1.807) is 37.7 Å². The normalized spacial score (nSPS) is 13.2. The summed E-state index contributed by atoms with van der Waals surface area (Å²) in [5.41, 5.74) is 2.19. The maximum Gasteiger partial charge on any atom is 0.319 e. The number of hydrogen-bond donors (Lipinski definition) is 1. The van der Waals surface area contributed by atoms with E-state index in [0.29, 0.717) is 16.4 Å². The highest BCUT2D eigenvalue weighted by Gasteiger charge is 2.24. The topological polar surface area (TPSA) is 73.2 Å². The van der Waals surface area contributed by atoms with Crippen LogP contribution in [0.25, 0.3) is 0 Å². The number of aryl methyl sites for hydroxylation is 2. The van der Waals surface area contributed by atoms with Crippen molar-refractivity contribution in [2.75, 3.05) is 5.32 Å². The summed E-state index contributed by atoms with van der Waals surface area (Å²) in [4.78, 5) is 25.5. The Balaban J connectivity index is 1.92. The quantitative estimate of drug-likeness (QED) is 0.595. The second kappa shape index (κ2) is 8.60. The second-order valence-electron chi connectivity index (χ2n) is 5.95. The lowest BCUT2D eigenvalue weighted by Gasteiger charge is -2.16. The molecule has 26 heavy (non-hydrogen) atoms. The number of benzene rings is 1. The number of carbonyl (C=O) groups is 2. The molecule has 0 radical (unpaired) electrons. The number of esters is 1. The van der Waals surface area contributed by atoms with E-state index in [1.165, 1.54) is 11.8 Å². The van der Waals surface area contributed by atoms with Crippen molar-refractivity contribution < 1.29 is 14.3 Å². The molecule has 1 N–H and O–H groups in total. The molecule has 0 saturated heterocycles. The first-order valence-electron chi connectivity index (χ1n) is 8.12. The molecule has 0 aliphatic carbocycles. The minimum atomic E-state index is -0.908. The number of aromatic nitrogens is 2. The Bertz CT molecular complexity index is 805. The van der Waals surface area contributed by atoms with Crippen molar-refractivity contribution in [2.45, 2.75) is 43.9 Å². The van der Waals surface area contributed by atoms with Gasteiger partial charge in [-0.25, -0.2) is 0 Å². The standard InChI is InChI=1S/C18H22ClN3O3S/c1-10-16(11(2)22(5)21-10)20-17(23)12(3)25-18(24)13(4)26-15-8-6-14(19)7-9-15/h6-9,12-13H,1-5H3,(H,20,23)/t12-,13+/m1/s1. The predicted octanol–water partition coefficient (Wildman–Crippen LogP) is 3.74. The highest BCUT2D eigenvalue weighted by molar-refractivity contribution is 8.00. The third kappa shape index (κ3) is 5.02. The van der Waals surface area contributed by atoms with Gasteiger partial charge in [0, 0.05) is 17.0 Å². The fourth-order valence-corrected chi connectivity index (χ4v) is 3.25. The van der Waals surface area contributed by atoms with Gasteiger partial charge in [0.1, 0.15) is 5.25 Å². The van der Waals surface area contributed by atoms with Crippen molar-refractivity contribution in [3.05, 3.63) is 40.7 Å². The lowest BCUT2D eigenvalue weighted by atomic mass is 10.3. The van der Waals surface area contributed by atoms with Gasteiger partial charge in [-0.3, -0.25) is 14.3 Å². The highest BCUT2D eigenvalue weighted by atomic mass is 35.5. The summed E-state index contributed by atoms with van der Waals surface area (Å²) in [5.74, 6) is -0.839. The van der Waals surface area contributed by atoms with Gasteiger partial charge in [-0.05, 0) is 52.0 Å². The second-order valence-corrected chi connectivity index (χ2v) is 7.80. The molecule has 1 aromatic heterocycles. The Kier molecular flexibility index (Phi) is 6.72. The predicted molar refractivity (Wildman–Crippen MR) is 104 cm³/mol. The molecule has 6 nitrogen and oxygen atoms in total. The van der Waals surface area contributed by atoms with Crippen LogP contribution in [0.4, 0.5) is 5.69 Å². The van der Waals surface area contributed by atoms with E-state index >= 15 is 0 Å². The van der Waals surface area contributed by atoms with E-state index < -0.39 is 17.3 Å². The van der Waals surface area contributed by atoms with Crippen LogP contribution < -0.4 is 5.32 Å². The van der Waals surface area contributed by atoms with Gasteiger partial charge >= 0.3 is 5.97 Å². The first-order chi connectivity index (χ1) is 12.2. The molecule has 1 aromatic carbocycles. The molecule has 140 valence electrons. The fraction of sp³-hybridized carbons (Fsp3) is 0.389. The Morgan fingerprint density at radius 1 is 1.23 bits per heavy atom. The molecule has 2 aromatic rings. The molecule has 2 atom stereocenters. The van der Waals surface area contributed by atoms with E-state index in [4.69, 9.17) is 16.3 Å². The molecule has 8 heteroatoms. The number of nitrogens with one attached hydrogen (secondary N) is 1. The number of halogens is 1. The summed E-state index contributed by atoms with van der Waals surface area (Å²) in [5, 5.41) is 7.21. The summed E-state index contributed by atoms with van der Waals surface area (Å²) in [6.45, 7) is 6.96. The Hall–Kier alpha value is -1.99. The zero-order valence-electron chi connectivity index (χ0n) is 15.4. The molecule has 2 rings (SSSR count). The SMILES string of the molecule is Cc1nn(C)c(C)c1NC(=O)[C@@H](C)OC(=O)[C@H](C)Sc1ccc(Cl)cc1. The maximum absolute atomic E-state index is 12.3. The van der Waals surface area contributed by atoms with E-state index in [0.717, 1.165) is 10.6 Å². The number of nitrogens with zero attached hydrogens (tertiary/aromatic N) is 2. The van der Waals surface area contributed by atoms with Crippen LogP contribution in [-0.4, -0.2) is 33.0 Å². The zero-order chi connectivity index (χ0) is 19.4. The fourth-order valence-electron chi connectivity index (χ4n) is 2.27. The molecule has 0 bridgehead atoms. The van der Waals surface area contributed by atoms with Crippen molar-refractivity contribution in [3.63, 3.8) is 0 Å². The smallest absolute Gasteiger partial charge is 0.319 e. The average molecular weight is 396 g/mol. The number of thioether (sulfide) groups is 1. The van der Waals surface area contributed by atoms with Crippen molar-refractivity contribution >= 4 is 40.9 Å². The molecule has 0 saturated carbocycles. The first-order valence-corrected chi connectivity index (χ1v) is 9.38. The van der Waals surface area contributed by atoms with Crippen molar-refractivity contribution in [2.24, 2.45) is 7.05 Å².